The summed E-state index contributed by atoms with van der Waals surface area (Å²) in [5.41, 5.74) is -0.416. The zero-order valence-electron chi connectivity index (χ0n) is 14.1. The lowest BCUT2D eigenvalue weighted by atomic mass is 9.81. The van der Waals surface area contributed by atoms with Crippen LogP contribution < -0.4 is 10.6 Å². The Morgan fingerprint density at radius 3 is 2.29 bits per heavy atom. The first-order chi connectivity index (χ1) is 9.83. The highest BCUT2D eigenvalue weighted by Crippen LogP contribution is 2.28. The quantitative estimate of drug-likeness (QED) is 0.833. The van der Waals surface area contributed by atoms with Crippen molar-refractivity contribution in [1.29, 1.82) is 0 Å². The van der Waals surface area contributed by atoms with Gasteiger partial charge in [0, 0.05) is 18.1 Å². The van der Waals surface area contributed by atoms with Gasteiger partial charge in [-0.05, 0) is 59.3 Å². The van der Waals surface area contributed by atoms with Crippen molar-refractivity contribution in [2.45, 2.75) is 96.4 Å². The summed E-state index contributed by atoms with van der Waals surface area (Å²) >= 11 is 0. The summed E-state index contributed by atoms with van der Waals surface area (Å²) in [6.07, 6.45) is 8.71. The summed E-state index contributed by atoms with van der Waals surface area (Å²) in [4.78, 5) is 11.7. The number of carbonyl (C=O) groups is 1. The van der Waals surface area contributed by atoms with Crippen molar-refractivity contribution in [3.05, 3.63) is 0 Å². The Labute approximate surface area is 129 Å². The van der Waals surface area contributed by atoms with Crippen molar-refractivity contribution in [3.63, 3.8) is 0 Å². The molecule has 4 nitrogen and oxygen atoms in total. The largest absolute Gasteiger partial charge is 0.444 e. The normalized spacial score (nSPS) is 28.6. The Kier molecular flexibility index (Phi) is 5.53. The molecule has 2 aliphatic rings. The molecule has 0 unspecified atom stereocenters. The highest BCUT2D eigenvalue weighted by molar-refractivity contribution is 5.68. The van der Waals surface area contributed by atoms with Crippen LogP contribution >= 0.6 is 0 Å². The monoisotopic (exact) mass is 296 g/mol. The molecule has 2 aliphatic carbocycles. The van der Waals surface area contributed by atoms with Gasteiger partial charge in [-0.1, -0.05) is 19.3 Å². The molecule has 0 aromatic rings. The van der Waals surface area contributed by atoms with Crippen LogP contribution in [0, 0.1) is 5.92 Å². The fourth-order valence-corrected chi connectivity index (χ4v) is 3.49. The van der Waals surface area contributed by atoms with Crippen LogP contribution in [0.5, 0.6) is 0 Å². The van der Waals surface area contributed by atoms with Gasteiger partial charge in [-0.15, -0.1) is 0 Å². The van der Waals surface area contributed by atoms with Gasteiger partial charge in [-0.25, -0.2) is 4.79 Å². The Balaban J connectivity index is 1.61. The molecule has 0 spiro atoms. The van der Waals surface area contributed by atoms with Crippen molar-refractivity contribution in [1.82, 2.24) is 10.6 Å². The van der Waals surface area contributed by atoms with Gasteiger partial charge in [0.25, 0.3) is 0 Å². The molecule has 0 heterocycles. The van der Waals surface area contributed by atoms with E-state index in [1.54, 1.807) is 0 Å². The summed E-state index contributed by atoms with van der Waals surface area (Å²) < 4.78 is 5.29. The van der Waals surface area contributed by atoms with E-state index in [0.29, 0.717) is 12.1 Å². The molecule has 1 amide bonds. The van der Waals surface area contributed by atoms with Crippen molar-refractivity contribution in [3.8, 4) is 0 Å². The molecular weight excluding hydrogens is 264 g/mol. The summed E-state index contributed by atoms with van der Waals surface area (Å²) in [5, 5.41) is 6.70. The third-order valence-corrected chi connectivity index (χ3v) is 4.71. The van der Waals surface area contributed by atoms with Crippen molar-refractivity contribution in [2.24, 2.45) is 5.92 Å². The van der Waals surface area contributed by atoms with E-state index < -0.39 is 5.60 Å². The number of alkyl carbamates (subject to hydrolysis) is 1. The minimum absolute atomic E-state index is 0.274. The standard InChI is InChI=1S/C17H32N2O2/c1-12(13-8-6-5-7-9-13)18-14-10-15(11-14)19-16(20)21-17(2,3)4/h12-15,18H,5-11H2,1-4H3,(H,19,20)/t12-,14?,15?/m0/s1. The number of amides is 1. The molecule has 0 radical (unpaired) electrons. The van der Waals surface area contributed by atoms with E-state index in [1.807, 2.05) is 20.8 Å². The lowest BCUT2D eigenvalue weighted by Crippen LogP contribution is -2.55. The molecule has 21 heavy (non-hydrogen) atoms. The molecule has 0 aromatic heterocycles. The van der Waals surface area contributed by atoms with E-state index in [4.69, 9.17) is 4.74 Å². The third kappa shape index (κ3) is 5.50. The molecule has 122 valence electrons. The first kappa shape index (κ1) is 16.6. The Hall–Kier alpha value is -0.770. The number of nitrogens with one attached hydrogen (secondary N) is 2. The Bertz CT molecular complexity index is 339. The number of rotatable bonds is 4. The van der Waals surface area contributed by atoms with Crippen LogP contribution in [0.15, 0.2) is 0 Å². The first-order valence-corrected chi connectivity index (χ1v) is 8.59. The summed E-state index contributed by atoms with van der Waals surface area (Å²) in [5.74, 6) is 0.844. The average molecular weight is 296 g/mol. The minimum Gasteiger partial charge on any atom is -0.444 e. The van der Waals surface area contributed by atoms with E-state index >= 15 is 0 Å². The van der Waals surface area contributed by atoms with Crippen LogP contribution in [0.25, 0.3) is 0 Å². The maximum atomic E-state index is 11.7. The number of hydrogen-bond donors (Lipinski definition) is 2. The predicted molar refractivity (Wildman–Crippen MR) is 85.4 cm³/mol. The van der Waals surface area contributed by atoms with Gasteiger partial charge in [0.1, 0.15) is 5.60 Å². The molecule has 0 aliphatic heterocycles. The second kappa shape index (κ2) is 6.99. The van der Waals surface area contributed by atoms with Crippen molar-refractivity contribution >= 4 is 6.09 Å². The van der Waals surface area contributed by atoms with Crippen LogP contribution in [0.2, 0.25) is 0 Å². The lowest BCUT2D eigenvalue weighted by molar-refractivity contribution is 0.0460. The highest BCUT2D eigenvalue weighted by Gasteiger charge is 2.33. The predicted octanol–water partition coefficient (Wildman–Crippen LogP) is 3.60. The van der Waals surface area contributed by atoms with Crippen molar-refractivity contribution < 1.29 is 9.53 Å². The van der Waals surface area contributed by atoms with Crippen LogP contribution in [-0.2, 0) is 4.74 Å². The topological polar surface area (TPSA) is 50.4 Å². The van der Waals surface area contributed by atoms with Gasteiger partial charge in [0.05, 0.1) is 0 Å². The molecule has 0 aromatic carbocycles. The number of carbonyl (C=O) groups excluding carboxylic acids is 1. The van der Waals surface area contributed by atoms with Crippen molar-refractivity contribution in [2.75, 3.05) is 0 Å². The minimum atomic E-state index is -0.416. The second-order valence-corrected chi connectivity index (χ2v) is 7.86. The summed E-state index contributed by atoms with van der Waals surface area (Å²) in [6.45, 7) is 8.00. The summed E-state index contributed by atoms with van der Waals surface area (Å²) in [6, 6.07) is 1.44. The van der Waals surface area contributed by atoms with Crippen LogP contribution in [-0.4, -0.2) is 29.8 Å². The van der Waals surface area contributed by atoms with Gasteiger partial charge >= 0.3 is 6.09 Å². The zero-order valence-corrected chi connectivity index (χ0v) is 14.1. The number of ether oxygens (including phenoxy) is 1. The van der Waals surface area contributed by atoms with Gasteiger partial charge in [-0.3, -0.25) is 0 Å². The smallest absolute Gasteiger partial charge is 0.407 e. The van der Waals surface area contributed by atoms with E-state index in [-0.39, 0.29) is 12.1 Å². The average Bonchev–Trinajstić information content (AvgIpc) is 2.35. The third-order valence-electron chi connectivity index (χ3n) is 4.71. The molecule has 1 atom stereocenters. The van der Waals surface area contributed by atoms with Gasteiger partial charge in [-0.2, -0.15) is 0 Å². The number of hydrogen-bond acceptors (Lipinski definition) is 3. The van der Waals surface area contributed by atoms with E-state index in [0.717, 1.165) is 18.8 Å². The molecule has 0 saturated heterocycles. The van der Waals surface area contributed by atoms with Gasteiger partial charge in [0.15, 0.2) is 0 Å². The Morgan fingerprint density at radius 2 is 1.71 bits per heavy atom. The molecular formula is C17H32N2O2. The summed E-state index contributed by atoms with van der Waals surface area (Å²) in [7, 11) is 0. The second-order valence-electron chi connectivity index (χ2n) is 7.86. The van der Waals surface area contributed by atoms with Crippen LogP contribution in [0.4, 0.5) is 4.79 Å². The Morgan fingerprint density at radius 1 is 1.10 bits per heavy atom. The molecule has 2 fully saturated rings. The van der Waals surface area contributed by atoms with Gasteiger partial charge < -0.3 is 15.4 Å². The van der Waals surface area contributed by atoms with Gasteiger partial charge in [0.2, 0.25) is 0 Å². The molecule has 0 bridgehead atoms. The highest BCUT2D eigenvalue weighted by atomic mass is 16.6. The first-order valence-electron chi connectivity index (χ1n) is 8.59. The van der Waals surface area contributed by atoms with Crippen LogP contribution in [0.3, 0.4) is 0 Å². The fraction of sp³-hybridized carbons (Fsp3) is 0.941. The van der Waals surface area contributed by atoms with E-state index in [9.17, 15) is 4.79 Å². The van der Waals surface area contributed by atoms with E-state index in [1.165, 1.54) is 32.1 Å². The van der Waals surface area contributed by atoms with E-state index in [2.05, 4.69) is 17.6 Å². The fourth-order valence-electron chi connectivity index (χ4n) is 3.49. The molecule has 2 N–H and O–H groups in total. The maximum absolute atomic E-state index is 11.7. The molecule has 4 heteroatoms. The molecule has 2 saturated carbocycles. The maximum Gasteiger partial charge on any atom is 0.407 e. The zero-order chi connectivity index (χ0) is 15.5. The molecule has 2 rings (SSSR count). The van der Waals surface area contributed by atoms with Crippen LogP contribution in [0.1, 0.15) is 72.6 Å². The SMILES string of the molecule is C[C@H](NC1CC(NC(=O)OC(C)(C)C)C1)C1CCCCC1. The lowest BCUT2D eigenvalue weighted by Gasteiger charge is -2.40.